The van der Waals surface area contributed by atoms with Crippen LogP contribution in [0.15, 0.2) is 36.5 Å². The van der Waals surface area contributed by atoms with E-state index in [4.69, 9.17) is 9.47 Å². The topological polar surface area (TPSA) is 112 Å². The average Bonchev–Trinajstić information content (AvgIpc) is 3.08. The van der Waals surface area contributed by atoms with Crippen LogP contribution in [0.4, 0.5) is 16.3 Å². The van der Waals surface area contributed by atoms with E-state index in [-0.39, 0.29) is 11.6 Å². The summed E-state index contributed by atoms with van der Waals surface area (Å²) in [6.07, 6.45) is -0.0897. The van der Waals surface area contributed by atoms with Crippen molar-refractivity contribution < 1.29 is 23.9 Å². The molecule has 0 saturated carbocycles. The van der Waals surface area contributed by atoms with Gasteiger partial charge in [0, 0.05) is 17.8 Å². The lowest BCUT2D eigenvalue weighted by molar-refractivity contribution is -0.123. The van der Waals surface area contributed by atoms with Gasteiger partial charge in [-0.3, -0.25) is 10.1 Å². The minimum absolute atomic E-state index is 0.0633. The molecule has 2 rings (SSSR count). The Balaban J connectivity index is 1.99. The molecule has 2 amide bonds. The number of benzene rings is 1. The number of esters is 1. The highest BCUT2D eigenvalue weighted by atomic mass is 16.6. The summed E-state index contributed by atoms with van der Waals surface area (Å²) in [6, 6.07) is 7.91. The number of aromatic nitrogens is 2. The molecule has 162 valence electrons. The van der Waals surface area contributed by atoms with Crippen LogP contribution in [0, 0.1) is 0 Å². The Morgan fingerprint density at radius 3 is 2.40 bits per heavy atom. The zero-order valence-electron chi connectivity index (χ0n) is 18.1. The van der Waals surface area contributed by atoms with Crippen LogP contribution in [0.1, 0.15) is 57.9 Å². The number of hydrogen-bond acceptors (Lipinski definition) is 6. The molecule has 2 N–H and O–H groups in total. The van der Waals surface area contributed by atoms with Crippen molar-refractivity contribution in [2.75, 3.05) is 10.6 Å². The van der Waals surface area contributed by atoms with Crippen LogP contribution >= 0.6 is 0 Å². The molecule has 30 heavy (non-hydrogen) atoms. The van der Waals surface area contributed by atoms with Crippen LogP contribution < -0.4 is 10.6 Å². The Morgan fingerprint density at radius 2 is 1.77 bits per heavy atom. The second-order valence-electron chi connectivity index (χ2n) is 8.00. The van der Waals surface area contributed by atoms with Gasteiger partial charge in [-0.15, -0.1) is 0 Å². The molecule has 0 fully saturated rings. The molecule has 1 aromatic carbocycles. The number of rotatable bonds is 6. The third-order valence-corrected chi connectivity index (χ3v) is 3.81. The molecule has 0 aliphatic carbocycles. The van der Waals surface area contributed by atoms with E-state index >= 15 is 0 Å². The molecule has 0 aliphatic rings. The molecule has 2 aromatic rings. The molecule has 0 bridgehead atoms. The summed E-state index contributed by atoms with van der Waals surface area (Å²) in [5.74, 6) is -0.655. The summed E-state index contributed by atoms with van der Waals surface area (Å²) in [6.45, 7) is 10.6. The van der Waals surface area contributed by atoms with Gasteiger partial charge in [0.25, 0.3) is 5.91 Å². The van der Waals surface area contributed by atoms with Crippen molar-refractivity contribution in [3.8, 4) is 0 Å². The first-order valence-electron chi connectivity index (χ1n) is 9.61. The second kappa shape index (κ2) is 9.43. The highest BCUT2D eigenvalue weighted by Gasteiger charge is 2.21. The summed E-state index contributed by atoms with van der Waals surface area (Å²) in [7, 11) is 0. The van der Waals surface area contributed by atoms with Gasteiger partial charge < -0.3 is 14.8 Å². The largest absolute Gasteiger partial charge is 0.449 e. The van der Waals surface area contributed by atoms with E-state index in [1.54, 1.807) is 49.8 Å². The van der Waals surface area contributed by atoms with Crippen molar-refractivity contribution in [3.05, 3.63) is 42.1 Å². The van der Waals surface area contributed by atoms with Gasteiger partial charge in [0.05, 0.1) is 11.8 Å². The van der Waals surface area contributed by atoms with Crippen molar-refractivity contribution in [1.82, 2.24) is 9.78 Å². The average molecular weight is 416 g/mol. The highest BCUT2D eigenvalue weighted by Crippen LogP contribution is 2.16. The summed E-state index contributed by atoms with van der Waals surface area (Å²) < 4.78 is 12.1. The quantitative estimate of drug-likeness (QED) is 0.689. The van der Waals surface area contributed by atoms with Gasteiger partial charge in [-0.1, -0.05) is 6.07 Å². The standard InChI is InChI=1S/C21H28N4O5/c1-13(2)25-17(10-11-22-25)24-18(26)14(3)29-19(27)15-8-7-9-16(12-15)23-20(28)30-21(4,5)6/h7-14H,1-6H3,(H,23,28)(H,24,26)/t14-/m0/s1. The predicted octanol–water partition coefficient (Wildman–Crippen LogP) is 4.00. The molecule has 0 unspecified atom stereocenters. The van der Waals surface area contributed by atoms with Crippen molar-refractivity contribution in [2.24, 2.45) is 0 Å². The monoisotopic (exact) mass is 416 g/mol. The number of amides is 2. The molecule has 0 aliphatic heterocycles. The van der Waals surface area contributed by atoms with Gasteiger partial charge in [0.2, 0.25) is 0 Å². The van der Waals surface area contributed by atoms with E-state index in [2.05, 4.69) is 15.7 Å². The maximum absolute atomic E-state index is 12.4. The molecule has 0 spiro atoms. The van der Waals surface area contributed by atoms with Crippen LogP contribution in [0.25, 0.3) is 0 Å². The Kier molecular flexibility index (Phi) is 7.20. The van der Waals surface area contributed by atoms with E-state index in [1.165, 1.54) is 19.1 Å². The third kappa shape index (κ3) is 6.61. The highest BCUT2D eigenvalue weighted by molar-refractivity contribution is 5.97. The smallest absolute Gasteiger partial charge is 0.412 e. The summed E-state index contributed by atoms with van der Waals surface area (Å²) >= 11 is 0. The zero-order chi connectivity index (χ0) is 22.5. The molecule has 1 heterocycles. The number of ether oxygens (including phenoxy) is 2. The van der Waals surface area contributed by atoms with E-state index in [0.29, 0.717) is 11.5 Å². The predicted molar refractivity (Wildman–Crippen MR) is 112 cm³/mol. The van der Waals surface area contributed by atoms with E-state index in [0.717, 1.165) is 0 Å². The molecule has 0 saturated heterocycles. The first kappa shape index (κ1) is 22.9. The van der Waals surface area contributed by atoms with Crippen LogP contribution in [0.3, 0.4) is 0 Å². The van der Waals surface area contributed by atoms with Crippen LogP contribution in [0.2, 0.25) is 0 Å². The lowest BCUT2D eigenvalue weighted by Crippen LogP contribution is -2.31. The fourth-order valence-electron chi connectivity index (χ4n) is 2.48. The minimum atomic E-state index is -1.03. The number of hydrogen-bond donors (Lipinski definition) is 2. The summed E-state index contributed by atoms with van der Waals surface area (Å²) in [5.41, 5.74) is -0.0824. The Labute approximate surface area is 175 Å². The Bertz CT molecular complexity index is 914. The number of anilines is 2. The van der Waals surface area contributed by atoms with Gasteiger partial charge in [0.1, 0.15) is 11.4 Å². The molecule has 0 radical (unpaired) electrons. The number of carbonyl (C=O) groups is 3. The first-order valence-corrected chi connectivity index (χ1v) is 9.61. The Hall–Kier alpha value is -3.36. The fraction of sp³-hybridized carbons (Fsp3) is 0.429. The van der Waals surface area contributed by atoms with Crippen molar-refractivity contribution in [2.45, 2.75) is 59.3 Å². The lowest BCUT2D eigenvalue weighted by Gasteiger charge is -2.19. The number of carbonyl (C=O) groups excluding carboxylic acids is 3. The molecule has 1 aromatic heterocycles. The van der Waals surface area contributed by atoms with Crippen LogP contribution in [-0.2, 0) is 14.3 Å². The normalized spacial score (nSPS) is 12.2. The van der Waals surface area contributed by atoms with Gasteiger partial charge in [0.15, 0.2) is 6.10 Å². The Morgan fingerprint density at radius 1 is 1.07 bits per heavy atom. The maximum atomic E-state index is 12.4. The van der Waals surface area contributed by atoms with Crippen molar-refractivity contribution in [3.63, 3.8) is 0 Å². The minimum Gasteiger partial charge on any atom is -0.449 e. The molecular weight excluding hydrogens is 388 g/mol. The van der Waals surface area contributed by atoms with Crippen molar-refractivity contribution >= 4 is 29.5 Å². The van der Waals surface area contributed by atoms with Crippen molar-refractivity contribution in [1.29, 1.82) is 0 Å². The van der Waals surface area contributed by atoms with Gasteiger partial charge in [-0.2, -0.15) is 5.10 Å². The summed E-state index contributed by atoms with van der Waals surface area (Å²) in [5, 5.41) is 9.40. The third-order valence-electron chi connectivity index (χ3n) is 3.81. The number of nitrogens with one attached hydrogen (secondary N) is 2. The van der Waals surface area contributed by atoms with Gasteiger partial charge >= 0.3 is 12.1 Å². The summed E-state index contributed by atoms with van der Waals surface area (Å²) in [4.78, 5) is 36.7. The fourth-order valence-corrected chi connectivity index (χ4v) is 2.48. The van der Waals surface area contributed by atoms with E-state index in [9.17, 15) is 14.4 Å². The molecule has 1 atom stereocenters. The SMILES string of the molecule is CC(C)n1nccc1NC(=O)[C@H](C)OC(=O)c1cccc(NC(=O)OC(C)(C)C)c1. The lowest BCUT2D eigenvalue weighted by atomic mass is 10.2. The first-order chi connectivity index (χ1) is 14.0. The zero-order valence-corrected chi connectivity index (χ0v) is 18.1. The molecule has 9 nitrogen and oxygen atoms in total. The number of nitrogens with zero attached hydrogens (tertiary/aromatic N) is 2. The molecule has 9 heteroatoms. The molecular formula is C21H28N4O5. The van der Waals surface area contributed by atoms with Gasteiger partial charge in [-0.05, 0) is 59.7 Å². The maximum Gasteiger partial charge on any atom is 0.412 e. The van der Waals surface area contributed by atoms with Gasteiger partial charge in [-0.25, -0.2) is 14.3 Å². The van der Waals surface area contributed by atoms with E-state index < -0.39 is 29.7 Å². The van der Waals surface area contributed by atoms with Crippen LogP contribution in [-0.4, -0.2) is 39.5 Å². The second-order valence-corrected chi connectivity index (χ2v) is 8.00. The van der Waals surface area contributed by atoms with Crippen LogP contribution in [0.5, 0.6) is 0 Å². The van der Waals surface area contributed by atoms with E-state index in [1.807, 2.05) is 13.8 Å².